The van der Waals surface area contributed by atoms with Crippen molar-refractivity contribution < 1.29 is 24.0 Å². The lowest BCUT2D eigenvalue weighted by Crippen LogP contribution is -2.34. The quantitative estimate of drug-likeness (QED) is 0.532. The molecule has 1 aromatic rings. The first-order chi connectivity index (χ1) is 7.07. The van der Waals surface area contributed by atoms with Gasteiger partial charge in [-0.1, -0.05) is 12.1 Å². The van der Waals surface area contributed by atoms with Crippen molar-refractivity contribution in [3.63, 3.8) is 0 Å². The van der Waals surface area contributed by atoms with Gasteiger partial charge >= 0.3 is 13.1 Å². The molecule has 6 heteroatoms. The standard InChI is InChI=1S/C9H10BFO4/c1-2-15-9(12)6-4-3-5-7(8(6)11)10(13)14/h3-5,13-14H,2H2,1H3. The molecular formula is C9H10BFO4. The van der Waals surface area contributed by atoms with Gasteiger partial charge in [0, 0.05) is 5.46 Å². The number of hydrogen-bond acceptors (Lipinski definition) is 4. The van der Waals surface area contributed by atoms with Crippen LogP contribution in [-0.2, 0) is 4.74 Å². The van der Waals surface area contributed by atoms with Crippen molar-refractivity contribution in [2.45, 2.75) is 6.92 Å². The third-order valence-corrected chi connectivity index (χ3v) is 1.80. The summed E-state index contributed by atoms with van der Waals surface area (Å²) in [7, 11) is -1.95. The first kappa shape index (κ1) is 11.7. The maximum absolute atomic E-state index is 13.5. The number of rotatable bonds is 3. The summed E-state index contributed by atoms with van der Waals surface area (Å²) in [6.07, 6.45) is 0. The average Bonchev–Trinajstić information content (AvgIpc) is 2.17. The fourth-order valence-electron chi connectivity index (χ4n) is 1.12. The van der Waals surface area contributed by atoms with E-state index in [2.05, 4.69) is 4.74 Å². The van der Waals surface area contributed by atoms with Crippen LogP contribution in [0.25, 0.3) is 0 Å². The molecule has 0 radical (unpaired) electrons. The van der Waals surface area contributed by atoms with Crippen LogP contribution in [0.3, 0.4) is 0 Å². The lowest BCUT2D eigenvalue weighted by molar-refractivity contribution is 0.0521. The number of halogens is 1. The molecule has 80 valence electrons. The Morgan fingerprint density at radius 2 is 2.20 bits per heavy atom. The number of ether oxygens (including phenoxy) is 1. The van der Waals surface area contributed by atoms with Gasteiger partial charge in [-0.15, -0.1) is 0 Å². The van der Waals surface area contributed by atoms with Gasteiger partial charge in [-0.3, -0.25) is 0 Å². The van der Waals surface area contributed by atoms with Gasteiger partial charge in [-0.2, -0.15) is 0 Å². The van der Waals surface area contributed by atoms with Gasteiger partial charge < -0.3 is 14.8 Å². The molecule has 0 fully saturated rings. The summed E-state index contributed by atoms with van der Waals surface area (Å²) in [5.74, 6) is -1.79. The molecule has 0 aliphatic carbocycles. The summed E-state index contributed by atoms with van der Waals surface area (Å²) >= 11 is 0. The van der Waals surface area contributed by atoms with E-state index in [-0.39, 0.29) is 17.6 Å². The van der Waals surface area contributed by atoms with Crippen molar-refractivity contribution in [3.05, 3.63) is 29.6 Å². The Hall–Kier alpha value is -1.40. The Kier molecular flexibility index (Phi) is 3.82. The predicted molar refractivity (Wildman–Crippen MR) is 52.2 cm³/mol. The second kappa shape index (κ2) is 4.90. The smallest absolute Gasteiger partial charge is 0.462 e. The van der Waals surface area contributed by atoms with Crippen molar-refractivity contribution in [2.75, 3.05) is 6.61 Å². The minimum absolute atomic E-state index is 0.129. The number of carbonyl (C=O) groups excluding carboxylic acids is 1. The molecule has 2 N–H and O–H groups in total. The van der Waals surface area contributed by atoms with Gasteiger partial charge in [-0.25, -0.2) is 9.18 Å². The van der Waals surface area contributed by atoms with Crippen LogP contribution in [0.15, 0.2) is 18.2 Å². The summed E-state index contributed by atoms with van der Waals surface area (Å²) in [6.45, 7) is 1.73. The normalized spacial score (nSPS) is 9.87. The van der Waals surface area contributed by atoms with E-state index in [0.29, 0.717) is 0 Å². The van der Waals surface area contributed by atoms with E-state index >= 15 is 0 Å². The van der Waals surface area contributed by atoms with E-state index in [4.69, 9.17) is 10.0 Å². The van der Waals surface area contributed by atoms with E-state index in [1.165, 1.54) is 18.2 Å². The van der Waals surface area contributed by atoms with E-state index in [1.54, 1.807) is 6.92 Å². The molecule has 0 atom stereocenters. The minimum Gasteiger partial charge on any atom is -0.462 e. The van der Waals surface area contributed by atoms with Crippen molar-refractivity contribution >= 4 is 18.6 Å². The highest BCUT2D eigenvalue weighted by Gasteiger charge is 2.22. The second-order valence-corrected chi connectivity index (χ2v) is 2.80. The zero-order valence-electron chi connectivity index (χ0n) is 8.11. The number of carbonyl (C=O) groups is 1. The summed E-state index contributed by atoms with van der Waals surface area (Å²) in [5.41, 5.74) is -0.650. The second-order valence-electron chi connectivity index (χ2n) is 2.80. The average molecular weight is 212 g/mol. The predicted octanol–water partition coefficient (Wildman–Crippen LogP) is -0.318. The molecule has 0 saturated carbocycles. The molecule has 1 rings (SSSR count). The van der Waals surface area contributed by atoms with Crippen LogP contribution in [0.4, 0.5) is 4.39 Å². The van der Waals surface area contributed by atoms with Crippen LogP contribution in [0.5, 0.6) is 0 Å². The maximum atomic E-state index is 13.5. The van der Waals surface area contributed by atoms with Crippen molar-refractivity contribution in [2.24, 2.45) is 0 Å². The molecule has 0 aromatic heterocycles. The molecule has 0 heterocycles. The van der Waals surface area contributed by atoms with Crippen molar-refractivity contribution in [1.82, 2.24) is 0 Å². The molecular weight excluding hydrogens is 202 g/mol. The summed E-state index contributed by atoms with van der Waals surface area (Å²) in [6, 6.07) is 3.76. The van der Waals surface area contributed by atoms with Gasteiger partial charge in [-0.05, 0) is 13.0 Å². The van der Waals surface area contributed by atoms with Crippen LogP contribution in [-0.4, -0.2) is 29.7 Å². The van der Waals surface area contributed by atoms with Gasteiger partial charge in [0.2, 0.25) is 0 Å². The van der Waals surface area contributed by atoms with E-state index in [0.717, 1.165) is 0 Å². The first-order valence-corrected chi connectivity index (χ1v) is 4.39. The van der Waals surface area contributed by atoms with Crippen molar-refractivity contribution in [1.29, 1.82) is 0 Å². The number of esters is 1. The molecule has 0 spiro atoms. The Morgan fingerprint density at radius 1 is 1.53 bits per heavy atom. The maximum Gasteiger partial charge on any atom is 0.491 e. The Morgan fingerprint density at radius 3 is 2.73 bits per heavy atom. The van der Waals surface area contributed by atoms with Crippen molar-refractivity contribution in [3.8, 4) is 0 Å². The van der Waals surface area contributed by atoms with E-state index in [9.17, 15) is 9.18 Å². The van der Waals surface area contributed by atoms with E-state index < -0.39 is 18.9 Å². The third-order valence-electron chi connectivity index (χ3n) is 1.80. The SMILES string of the molecule is CCOC(=O)c1cccc(B(O)O)c1F. The molecule has 15 heavy (non-hydrogen) atoms. The highest BCUT2D eigenvalue weighted by molar-refractivity contribution is 6.58. The molecule has 0 amide bonds. The van der Waals surface area contributed by atoms with E-state index in [1.807, 2.05) is 0 Å². The zero-order valence-corrected chi connectivity index (χ0v) is 8.11. The molecule has 0 aliphatic rings. The third kappa shape index (κ3) is 2.54. The Balaban J connectivity index is 3.09. The molecule has 0 saturated heterocycles. The van der Waals surface area contributed by atoms with Crippen LogP contribution < -0.4 is 5.46 Å². The fourth-order valence-corrected chi connectivity index (χ4v) is 1.12. The van der Waals surface area contributed by atoms with Gasteiger partial charge in [0.15, 0.2) is 0 Å². The van der Waals surface area contributed by atoms with Gasteiger partial charge in [0.05, 0.1) is 12.2 Å². The summed E-state index contributed by atoms with van der Waals surface area (Å²) in [5, 5.41) is 17.6. The van der Waals surface area contributed by atoms with Gasteiger partial charge in [0.1, 0.15) is 5.82 Å². The fraction of sp³-hybridized carbons (Fsp3) is 0.222. The van der Waals surface area contributed by atoms with Gasteiger partial charge in [0.25, 0.3) is 0 Å². The highest BCUT2D eigenvalue weighted by Crippen LogP contribution is 2.06. The molecule has 0 unspecified atom stereocenters. The largest absolute Gasteiger partial charge is 0.491 e. The molecule has 1 aromatic carbocycles. The minimum atomic E-state index is -1.95. The molecule has 0 aliphatic heterocycles. The monoisotopic (exact) mass is 212 g/mol. The molecule has 4 nitrogen and oxygen atoms in total. The first-order valence-electron chi connectivity index (χ1n) is 4.39. The highest BCUT2D eigenvalue weighted by atomic mass is 19.1. The summed E-state index contributed by atoms with van der Waals surface area (Å²) in [4.78, 5) is 11.2. The summed E-state index contributed by atoms with van der Waals surface area (Å²) < 4.78 is 18.1. The zero-order chi connectivity index (χ0) is 11.4. The van der Waals surface area contributed by atoms with Crippen LogP contribution in [0, 0.1) is 5.82 Å². The number of hydrogen-bond donors (Lipinski definition) is 2. The topological polar surface area (TPSA) is 66.8 Å². The molecule has 0 bridgehead atoms. The Labute approximate surface area is 86.4 Å². The number of benzene rings is 1. The van der Waals surface area contributed by atoms with Crippen LogP contribution in [0.1, 0.15) is 17.3 Å². The van der Waals surface area contributed by atoms with Crippen LogP contribution >= 0.6 is 0 Å². The van der Waals surface area contributed by atoms with Crippen LogP contribution in [0.2, 0.25) is 0 Å². The lowest BCUT2D eigenvalue weighted by Gasteiger charge is -2.06. The lowest BCUT2D eigenvalue weighted by atomic mass is 9.79. The Bertz CT molecular complexity index is 367.